The summed E-state index contributed by atoms with van der Waals surface area (Å²) in [6, 6.07) is 15.8. The zero-order valence-electron chi connectivity index (χ0n) is 19.1. The van der Waals surface area contributed by atoms with Gasteiger partial charge < -0.3 is 24.4 Å². The van der Waals surface area contributed by atoms with Gasteiger partial charge in [0.1, 0.15) is 29.3 Å². The number of fused-ring (bicyclic) bond motifs is 3. The number of hydrogen-bond acceptors (Lipinski definition) is 5. The lowest BCUT2D eigenvalue weighted by Crippen LogP contribution is -2.41. The van der Waals surface area contributed by atoms with Crippen LogP contribution in [0.2, 0.25) is 0 Å². The van der Waals surface area contributed by atoms with Crippen LogP contribution in [-0.2, 0) is 11.2 Å². The van der Waals surface area contributed by atoms with Gasteiger partial charge in [-0.3, -0.25) is 0 Å². The van der Waals surface area contributed by atoms with E-state index in [9.17, 15) is 10.2 Å². The molecule has 0 bridgehead atoms. The summed E-state index contributed by atoms with van der Waals surface area (Å²) in [5.74, 6) is 1.66. The summed E-state index contributed by atoms with van der Waals surface area (Å²) in [6.45, 7) is 4.45. The van der Waals surface area contributed by atoms with Gasteiger partial charge in [0, 0.05) is 37.5 Å². The molecule has 0 saturated heterocycles. The average molecular weight is 439 g/mol. The molecule has 1 fully saturated rings. The monoisotopic (exact) mass is 438 g/mol. The molecule has 1 aliphatic heterocycles. The van der Waals surface area contributed by atoms with Gasteiger partial charge in [-0.15, -0.1) is 0 Å². The number of methoxy groups -OCH3 is 1. The summed E-state index contributed by atoms with van der Waals surface area (Å²) in [6.07, 6.45) is 4.79. The van der Waals surface area contributed by atoms with Crippen LogP contribution in [0.1, 0.15) is 43.7 Å². The highest BCUT2D eigenvalue weighted by molar-refractivity contribution is 5.49. The minimum Gasteiger partial charge on any atom is -0.489 e. The van der Waals surface area contributed by atoms with Crippen molar-refractivity contribution in [3.63, 3.8) is 0 Å². The fourth-order valence-electron chi connectivity index (χ4n) is 4.89. The van der Waals surface area contributed by atoms with Crippen LogP contribution < -0.4 is 9.47 Å². The Bertz CT molecular complexity index is 923. The Morgan fingerprint density at radius 1 is 1.16 bits per heavy atom. The summed E-state index contributed by atoms with van der Waals surface area (Å²) >= 11 is 0. The lowest BCUT2D eigenvalue weighted by atomic mass is 9.86. The highest BCUT2D eigenvalue weighted by atomic mass is 16.5. The van der Waals surface area contributed by atoms with Crippen molar-refractivity contribution >= 4 is 0 Å². The minimum absolute atomic E-state index is 0.0380. The lowest BCUT2D eigenvalue weighted by Gasteiger charge is -2.30. The van der Waals surface area contributed by atoms with Gasteiger partial charge in [-0.2, -0.15) is 0 Å². The maximum atomic E-state index is 10.8. The number of aliphatic hydroxyl groups is 2. The Morgan fingerprint density at radius 2 is 1.94 bits per heavy atom. The van der Waals surface area contributed by atoms with Crippen molar-refractivity contribution in [2.45, 2.75) is 62.9 Å². The molecule has 2 aliphatic rings. The van der Waals surface area contributed by atoms with Crippen molar-refractivity contribution in [1.82, 2.24) is 0 Å². The van der Waals surface area contributed by atoms with Gasteiger partial charge in [-0.05, 0) is 44.4 Å². The molecule has 0 aromatic heterocycles. The van der Waals surface area contributed by atoms with Gasteiger partial charge in [0.15, 0.2) is 0 Å². The zero-order chi connectivity index (χ0) is 22.7. The molecule has 4 rings (SSSR count). The van der Waals surface area contributed by atoms with E-state index in [0.717, 1.165) is 30.8 Å². The second-order valence-corrected chi connectivity index (χ2v) is 9.34. The molecule has 1 saturated carbocycles. The maximum absolute atomic E-state index is 10.8. The summed E-state index contributed by atoms with van der Waals surface area (Å²) in [4.78, 5) is 0. The molecule has 2 aromatic carbocycles. The van der Waals surface area contributed by atoms with Crippen LogP contribution >= 0.6 is 0 Å². The Morgan fingerprint density at radius 3 is 2.69 bits per heavy atom. The SMILES string of the molecule is COCCCc1cccc2c1O[C@H]1C[C@@H](O)[C@H](/C=C/[C@H](O)C(C)(C)Oc3ccccc3)[C@@H]21. The predicted octanol–water partition coefficient (Wildman–Crippen LogP) is 4.27. The van der Waals surface area contributed by atoms with Crippen LogP contribution in [0, 0.1) is 5.92 Å². The number of aliphatic hydroxyl groups excluding tert-OH is 2. The summed E-state index contributed by atoms with van der Waals surface area (Å²) < 4.78 is 17.5. The first-order valence-electron chi connectivity index (χ1n) is 11.5. The van der Waals surface area contributed by atoms with Gasteiger partial charge in [0.25, 0.3) is 0 Å². The van der Waals surface area contributed by atoms with Gasteiger partial charge in [-0.1, -0.05) is 48.6 Å². The molecule has 0 spiro atoms. The summed E-state index contributed by atoms with van der Waals surface area (Å²) in [5.41, 5.74) is 1.55. The fraction of sp³-hybridized carbons (Fsp3) is 0.481. The van der Waals surface area contributed by atoms with Crippen molar-refractivity contribution in [2.75, 3.05) is 13.7 Å². The fourth-order valence-corrected chi connectivity index (χ4v) is 4.89. The van der Waals surface area contributed by atoms with E-state index in [1.807, 2.05) is 50.3 Å². The van der Waals surface area contributed by atoms with Gasteiger partial charge in [-0.25, -0.2) is 0 Å². The second kappa shape index (κ2) is 9.65. The van der Waals surface area contributed by atoms with Gasteiger partial charge in [0.05, 0.1) is 6.10 Å². The molecular weight excluding hydrogens is 404 g/mol. The van der Waals surface area contributed by atoms with Crippen LogP contribution in [0.5, 0.6) is 11.5 Å². The van der Waals surface area contributed by atoms with Crippen LogP contribution in [0.25, 0.3) is 0 Å². The third kappa shape index (κ3) is 4.70. The van der Waals surface area contributed by atoms with E-state index in [-0.39, 0.29) is 17.9 Å². The van der Waals surface area contributed by atoms with E-state index in [4.69, 9.17) is 14.2 Å². The number of aryl methyl sites for hydroxylation is 1. The van der Waals surface area contributed by atoms with E-state index in [0.29, 0.717) is 12.2 Å². The van der Waals surface area contributed by atoms with Crippen molar-refractivity contribution in [1.29, 1.82) is 0 Å². The highest BCUT2D eigenvalue weighted by Crippen LogP contribution is 2.52. The molecular formula is C27H34O5. The Hall–Kier alpha value is -2.34. The number of hydrogen-bond donors (Lipinski definition) is 2. The van der Waals surface area contributed by atoms with Crippen LogP contribution in [0.4, 0.5) is 0 Å². The minimum atomic E-state index is -0.823. The third-order valence-corrected chi connectivity index (χ3v) is 6.64. The average Bonchev–Trinajstić information content (AvgIpc) is 3.28. The second-order valence-electron chi connectivity index (χ2n) is 9.34. The molecule has 5 nitrogen and oxygen atoms in total. The smallest absolute Gasteiger partial charge is 0.133 e. The van der Waals surface area contributed by atoms with Crippen LogP contribution in [-0.4, -0.2) is 47.8 Å². The number of rotatable bonds is 9. The Kier molecular flexibility index (Phi) is 6.89. The van der Waals surface area contributed by atoms with Crippen LogP contribution in [0.15, 0.2) is 60.7 Å². The predicted molar refractivity (Wildman–Crippen MR) is 124 cm³/mol. The van der Waals surface area contributed by atoms with E-state index in [1.165, 1.54) is 5.56 Å². The standard InChI is InChI=1S/C27H34O5/c1-27(2,32-19-11-5-4-6-12-19)24(29)15-14-20-22(28)17-23-25(20)21-13-7-9-18(26(21)31-23)10-8-16-30-3/h4-7,9,11-15,20,22-25,28-29H,8,10,16-17H2,1-3H3/b15-14+/t20-,22+,23-,24-,25-/m0/s1. The number of para-hydroxylation sites is 2. The van der Waals surface area contributed by atoms with E-state index in [2.05, 4.69) is 18.2 Å². The van der Waals surface area contributed by atoms with Gasteiger partial charge in [0.2, 0.25) is 0 Å². The topological polar surface area (TPSA) is 68.2 Å². The van der Waals surface area contributed by atoms with E-state index in [1.54, 1.807) is 13.2 Å². The van der Waals surface area contributed by atoms with Crippen molar-refractivity contribution in [3.05, 3.63) is 71.8 Å². The van der Waals surface area contributed by atoms with Crippen molar-refractivity contribution < 1.29 is 24.4 Å². The Balaban J connectivity index is 1.49. The summed E-state index contributed by atoms with van der Waals surface area (Å²) in [5, 5.41) is 21.6. The molecule has 0 unspecified atom stereocenters. The molecule has 5 atom stereocenters. The highest BCUT2D eigenvalue weighted by Gasteiger charge is 2.49. The molecule has 5 heteroatoms. The molecule has 0 radical (unpaired) electrons. The molecule has 0 amide bonds. The molecule has 2 aromatic rings. The number of benzene rings is 2. The first kappa shape index (κ1) is 22.8. The van der Waals surface area contributed by atoms with E-state index >= 15 is 0 Å². The molecule has 1 heterocycles. The van der Waals surface area contributed by atoms with E-state index < -0.39 is 17.8 Å². The molecule has 172 valence electrons. The summed E-state index contributed by atoms with van der Waals surface area (Å²) in [7, 11) is 1.72. The zero-order valence-corrected chi connectivity index (χ0v) is 19.1. The van der Waals surface area contributed by atoms with Crippen molar-refractivity contribution in [2.24, 2.45) is 5.92 Å². The van der Waals surface area contributed by atoms with Crippen LogP contribution in [0.3, 0.4) is 0 Å². The lowest BCUT2D eigenvalue weighted by molar-refractivity contribution is -0.00221. The number of ether oxygens (including phenoxy) is 3. The normalized spacial score (nSPS) is 25.4. The first-order chi connectivity index (χ1) is 15.4. The third-order valence-electron chi connectivity index (χ3n) is 6.64. The molecule has 32 heavy (non-hydrogen) atoms. The molecule has 1 aliphatic carbocycles. The molecule has 2 N–H and O–H groups in total. The largest absolute Gasteiger partial charge is 0.489 e. The Labute approximate surface area is 190 Å². The van der Waals surface area contributed by atoms with Gasteiger partial charge >= 0.3 is 0 Å². The maximum Gasteiger partial charge on any atom is 0.133 e. The first-order valence-corrected chi connectivity index (χ1v) is 11.5. The van der Waals surface area contributed by atoms with Crippen molar-refractivity contribution in [3.8, 4) is 11.5 Å². The quantitative estimate of drug-likeness (QED) is 0.452.